The van der Waals surface area contributed by atoms with Gasteiger partial charge in [0.2, 0.25) is 0 Å². The minimum absolute atomic E-state index is 0. The van der Waals surface area contributed by atoms with Gasteiger partial charge in [0.1, 0.15) is 5.75 Å². The molecule has 2 aromatic rings. The molecule has 27 heavy (non-hydrogen) atoms. The van der Waals surface area contributed by atoms with Crippen molar-refractivity contribution < 1.29 is 14.6 Å². The highest BCUT2D eigenvalue weighted by atomic mass is 35.5. The topological polar surface area (TPSA) is 46.5 Å². The summed E-state index contributed by atoms with van der Waals surface area (Å²) in [5.41, 5.74) is 1.90. The third-order valence-electron chi connectivity index (χ3n) is 4.57. The smallest absolute Gasteiger partial charge is 0.336 e. The van der Waals surface area contributed by atoms with Crippen LogP contribution in [-0.4, -0.2) is 17.7 Å². The first-order valence-electron chi connectivity index (χ1n) is 9.78. The zero-order valence-corrected chi connectivity index (χ0v) is 17.0. The quantitative estimate of drug-likeness (QED) is 0.397. The zero-order valence-electron chi connectivity index (χ0n) is 16.2. The number of rotatable bonds is 12. The molecule has 0 spiro atoms. The van der Waals surface area contributed by atoms with E-state index in [1.807, 2.05) is 42.5 Å². The summed E-state index contributed by atoms with van der Waals surface area (Å²) in [6, 6.07) is 14.9. The predicted octanol–water partition coefficient (Wildman–Crippen LogP) is 6.99. The van der Waals surface area contributed by atoms with E-state index >= 15 is 0 Å². The average Bonchev–Trinajstić information content (AvgIpc) is 2.67. The van der Waals surface area contributed by atoms with Gasteiger partial charge >= 0.3 is 5.97 Å². The molecule has 0 saturated heterocycles. The minimum atomic E-state index is -0.929. The van der Waals surface area contributed by atoms with Gasteiger partial charge < -0.3 is 9.84 Å². The van der Waals surface area contributed by atoms with Gasteiger partial charge in [-0.2, -0.15) is 0 Å². The molecular weight excluding hydrogens is 360 g/mol. The fraction of sp³-hybridized carbons (Fsp3) is 0.435. The molecule has 1 N–H and O–H groups in total. The van der Waals surface area contributed by atoms with Crippen LogP contribution in [0.5, 0.6) is 5.75 Å². The number of hydrogen-bond donors (Lipinski definition) is 1. The van der Waals surface area contributed by atoms with E-state index < -0.39 is 5.97 Å². The Balaban J connectivity index is 0.00000364. The van der Waals surface area contributed by atoms with Crippen LogP contribution in [0, 0.1) is 0 Å². The maximum Gasteiger partial charge on any atom is 0.336 e. The third kappa shape index (κ3) is 8.04. The lowest BCUT2D eigenvalue weighted by atomic mass is 9.99. The number of ether oxygens (including phenoxy) is 1. The van der Waals surface area contributed by atoms with Crippen molar-refractivity contribution in [2.45, 2.75) is 58.3 Å². The van der Waals surface area contributed by atoms with Crippen molar-refractivity contribution in [2.24, 2.45) is 0 Å². The lowest BCUT2D eigenvalue weighted by molar-refractivity contribution is 0.0697. The van der Waals surface area contributed by atoms with E-state index in [2.05, 4.69) is 6.92 Å². The second-order valence-electron chi connectivity index (χ2n) is 6.70. The summed E-state index contributed by atoms with van der Waals surface area (Å²) < 4.78 is 5.77. The Morgan fingerprint density at radius 3 is 2.15 bits per heavy atom. The third-order valence-corrected chi connectivity index (χ3v) is 4.57. The summed E-state index contributed by atoms with van der Waals surface area (Å²) in [6.45, 7) is 2.87. The van der Waals surface area contributed by atoms with Gasteiger partial charge in [0.25, 0.3) is 0 Å². The molecule has 0 radical (unpaired) electrons. The Kier molecular flexibility index (Phi) is 11.3. The lowest BCUT2D eigenvalue weighted by Crippen LogP contribution is -2.02. The molecule has 0 amide bonds. The van der Waals surface area contributed by atoms with Crippen molar-refractivity contribution in [3.05, 3.63) is 54.1 Å². The number of halogens is 1. The molecule has 148 valence electrons. The number of unbranched alkanes of at least 4 members (excludes halogenated alkanes) is 7. The molecular formula is C23H31ClO3. The van der Waals surface area contributed by atoms with Gasteiger partial charge in [0.15, 0.2) is 0 Å². The van der Waals surface area contributed by atoms with Crippen molar-refractivity contribution in [1.82, 2.24) is 0 Å². The van der Waals surface area contributed by atoms with Crippen molar-refractivity contribution in [3.63, 3.8) is 0 Å². The largest absolute Gasteiger partial charge is 0.494 e. The first-order valence-corrected chi connectivity index (χ1v) is 9.78. The Morgan fingerprint density at radius 1 is 0.889 bits per heavy atom. The fourth-order valence-electron chi connectivity index (χ4n) is 3.09. The van der Waals surface area contributed by atoms with Crippen LogP contribution in [0.2, 0.25) is 0 Å². The van der Waals surface area contributed by atoms with Crippen molar-refractivity contribution in [3.8, 4) is 16.9 Å². The van der Waals surface area contributed by atoms with Gasteiger partial charge in [-0.1, -0.05) is 82.2 Å². The molecule has 2 rings (SSSR count). The Morgan fingerprint density at radius 2 is 1.52 bits per heavy atom. The van der Waals surface area contributed by atoms with Gasteiger partial charge in [-0.05, 0) is 35.7 Å². The lowest BCUT2D eigenvalue weighted by Gasteiger charge is -2.11. The van der Waals surface area contributed by atoms with E-state index in [1.54, 1.807) is 6.07 Å². The van der Waals surface area contributed by atoms with E-state index in [-0.39, 0.29) is 18.0 Å². The van der Waals surface area contributed by atoms with Crippen LogP contribution in [0.1, 0.15) is 68.6 Å². The molecule has 2 aromatic carbocycles. The SMILES string of the molecule is CCCCCCCCCCOc1ccc(-c2ccccc2)c(C(=O)O)c1.Cl. The number of carbonyl (C=O) groups is 1. The van der Waals surface area contributed by atoms with Crippen molar-refractivity contribution >= 4 is 18.4 Å². The second-order valence-corrected chi connectivity index (χ2v) is 6.70. The van der Waals surface area contributed by atoms with Crippen LogP contribution in [0.4, 0.5) is 0 Å². The fourth-order valence-corrected chi connectivity index (χ4v) is 3.09. The van der Waals surface area contributed by atoms with Crippen LogP contribution in [0.3, 0.4) is 0 Å². The standard InChI is InChI=1S/C23H30O3.ClH/c1-2-3-4-5-6-7-8-12-17-26-20-15-16-21(22(18-20)23(24)25)19-13-10-9-11-14-19;/h9-11,13-16,18H,2-8,12,17H2,1H3,(H,24,25);1H. The van der Waals surface area contributed by atoms with Gasteiger partial charge in [-0.15, -0.1) is 12.4 Å². The zero-order chi connectivity index (χ0) is 18.6. The van der Waals surface area contributed by atoms with E-state index in [0.29, 0.717) is 12.4 Å². The first kappa shape index (κ1) is 23.0. The molecule has 0 fully saturated rings. The molecule has 0 aliphatic rings. The molecule has 3 nitrogen and oxygen atoms in total. The van der Waals surface area contributed by atoms with E-state index in [4.69, 9.17) is 4.74 Å². The summed E-state index contributed by atoms with van der Waals surface area (Å²) in [6.07, 6.45) is 10.0. The van der Waals surface area contributed by atoms with Gasteiger partial charge in [0, 0.05) is 0 Å². The van der Waals surface area contributed by atoms with Crippen LogP contribution < -0.4 is 4.74 Å². The van der Waals surface area contributed by atoms with E-state index in [0.717, 1.165) is 17.5 Å². The van der Waals surface area contributed by atoms with Crippen molar-refractivity contribution in [1.29, 1.82) is 0 Å². The molecule has 0 atom stereocenters. The van der Waals surface area contributed by atoms with Crippen LogP contribution >= 0.6 is 12.4 Å². The highest BCUT2D eigenvalue weighted by Gasteiger charge is 2.13. The Hall–Kier alpha value is -2.00. The number of aromatic carboxylic acids is 1. The number of hydrogen-bond acceptors (Lipinski definition) is 2. The normalized spacial score (nSPS) is 10.3. The molecule has 0 unspecified atom stereocenters. The number of benzene rings is 2. The highest BCUT2D eigenvalue weighted by molar-refractivity contribution is 5.96. The molecule has 0 bridgehead atoms. The van der Waals surface area contributed by atoms with Crippen molar-refractivity contribution in [2.75, 3.05) is 6.61 Å². The summed E-state index contributed by atoms with van der Waals surface area (Å²) in [5.74, 6) is -0.300. The van der Waals surface area contributed by atoms with E-state index in [9.17, 15) is 9.90 Å². The van der Waals surface area contributed by atoms with Crippen LogP contribution in [0.15, 0.2) is 48.5 Å². The van der Waals surface area contributed by atoms with Gasteiger partial charge in [0.05, 0.1) is 12.2 Å². The first-order chi connectivity index (χ1) is 12.7. The summed E-state index contributed by atoms with van der Waals surface area (Å²) in [4.78, 5) is 11.6. The number of carboxylic acids is 1. The molecule has 4 heteroatoms. The summed E-state index contributed by atoms with van der Waals surface area (Å²) in [5, 5.41) is 9.53. The van der Waals surface area contributed by atoms with Crippen LogP contribution in [-0.2, 0) is 0 Å². The van der Waals surface area contributed by atoms with E-state index in [1.165, 1.54) is 44.9 Å². The maximum atomic E-state index is 11.6. The Labute approximate surface area is 169 Å². The number of carboxylic acid groups (broad SMARTS) is 1. The summed E-state index contributed by atoms with van der Waals surface area (Å²) in [7, 11) is 0. The average molecular weight is 391 g/mol. The summed E-state index contributed by atoms with van der Waals surface area (Å²) >= 11 is 0. The van der Waals surface area contributed by atoms with Gasteiger partial charge in [-0.3, -0.25) is 0 Å². The molecule has 0 aliphatic heterocycles. The van der Waals surface area contributed by atoms with Crippen LogP contribution in [0.25, 0.3) is 11.1 Å². The minimum Gasteiger partial charge on any atom is -0.494 e. The maximum absolute atomic E-state index is 11.6. The predicted molar refractivity (Wildman–Crippen MR) is 114 cm³/mol. The van der Waals surface area contributed by atoms with Gasteiger partial charge in [-0.25, -0.2) is 4.79 Å². The Bertz CT molecular complexity index is 671. The monoisotopic (exact) mass is 390 g/mol. The highest BCUT2D eigenvalue weighted by Crippen LogP contribution is 2.27. The molecule has 0 saturated carbocycles. The second kappa shape index (κ2) is 13.2. The molecule has 0 aromatic heterocycles. The molecule has 0 aliphatic carbocycles. The molecule has 0 heterocycles.